The first kappa shape index (κ1) is 32.2. The molecular formula is C29H45O8P. The van der Waals surface area contributed by atoms with Gasteiger partial charge in [-0.3, -0.25) is 9.36 Å². The van der Waals surface area contributed by atoms with Crippen molar-refractivity contribution in [2.75, 3.05) is 26.0 Å². The van der Waals surface area contributed by atoms with E-state index in [0.717, 1.165) is 37.9 Å². The number of carbonyl (C=O) groups excluding carboxylic acids is 1. The van der Waals surface area contributed by atoms with Crippen molar-refractivity contribution in [3.8, 4) is 23.8 Å². The highest BCUT2D eigenvalue weighted by Gasteiger charge is 2.45. The molecular weight excluding hydrogens is 507 g/mol. The monoisotopic (exact) mass is 552 g/mol. The third kappa shape index (κ3) is 10.6. The predicted octanol–water partition coefficient (Wildman–Crippen LogP) is 6.61. The molecule has 2 rings (SSSR count). The lowest BCUT2D eigenvalue weighted by atomic mass is 9.83. The van der Waals surface area contributed by atoms with Crippen LogP contribution in [0, 0.1) is 24.2 Å². The number of terminal acetylenes is 1. The van der Waals surface area contributed by atoms with Crippen molar-refractivity contribution in [3.63, 3.8) is 0 Å². The van der Waals surface area contributed by atoms with Crippen molar-refractivity contribution in [2.45, 2.75) is 91.6 Å². The Hall–Kier alpha value is -2.04. The zero-order valence-electron chi connectivity index (χ0n) is 23.6. The summed E-state index contributed by atoms with van der Waals surface area (Å²) in [6.07, 6.45) is 9.26. The van der Waals surface area contributed by atoms with Gasteiger partial charge >= 0.3 is 13.6 Å². The molecule has 1 aromatic carbocycles. The lowest BCUT2D eigenvalue weighted by molar-refractivity contribution is -0.239. The highest BCUT2D eigenvalue weighted by molar-refractivity contribution is 7.53. The molecule has 1 aliphatic rings. The number of benzene rings is 1. The smallest absolute Gasteiger partial charge is 0.330 e. The SMILES string of the molecule is C#CCCCCCCOc1ccc(O[C@H]2O[C@H](CCP(=O)(OCC)OCC)[C@@H](OC(C)=O)[C@H](C)[C@@H]2C)cc1. The van der Waals surface area contributed by atoms with E-state index in [4.69, 9.17) is 34.4 Å². The molecule has 5 atom stereocenters. The molecule has 0 radical (unpaired) electrons. The van der Waals surface area contributed by atoms with Gasteiger partial charge in [-0.1, -0.05) is 26.7 Å². The van der Waals surface area contributed by atoms with Crippen LogP contribution in [0.5, 0.6) is 11.5 Å². The summed E-state index contributed by atoms with van der Waals surface area (Å²) in [5, 5.41) is 0. The Balaban J connectivity index is 1.99. The van der Waals surface area contributed by atoms with E-state index in [1.807, 2.05) is 38.1 Å². The van der Waals surface area contributed by atoms with Crippen LogP contribution in [0.3, 0.4) is 0 Å². The Morgan fingerprint density at radius 1 is 1.00 bits per heavy atom. The van der Waals surface area contributed by atoms with E-state index in [1.54, 1.807) is 13.8 Å². The molecule has 1 aromatic rings. The maximum atomic E-state index is 13.0. The molecule has 38 heavy (non-hydrogen) atoms. The number of rotatable bonds is 17. The molecule has 0 spiro atoms. The molecule has 1 saturated heterocycles. The molecule has 1 heterocycles. The number of hydrogen-bond donors (Lipinski definition) is 0. The summed E-state index contributed by atoms with van der Waals surface area (Å²) in [6.45, 7) is 10.2. The molecule has 0 aliphatic carbocycles. The van der Waals surface area contributed by atoms with Crippen LogP contribution in [0.25, 0.3) is 0 Å². The van der Waals surface area contributed by atoms with Gasteiger partial charge < -0.3 is 28.0 Å². The topological polar surface area (TPSA) is 89.5 Å². The zero-order valence-corrected chi connectivity index (χ0v) is 24.5. The van der Waals surface area contributed by atoms with Gasteiger partial charge in [-0.2, -0.15) is 0 Å². The van der Waals surface area contributed by atoms with Gasteiger partial charge in [0.05, 0.1) is 32.1 Å². The molecule has 1 aliphatic heterocycles. The minimum absolute atomic E-state index is 0.0514. The Morgan fingerprint density at radius 3 is 2.24 bits per heavy atom. The first-order valence-electron chi connectivity index (χ1n) is 13.8. The van der Waals surface area contributed by atoms with E-state index in [1.165, 1.54) is 6.92 Å². The lowest BCUT2D eigenvalue weighted by Crippen LogP contribution is -2.53. The number of esters is 1. The minimum atomic E-state index is -3.28. The van der Waals surface area contributed by atoms with E-state index in [0.29, 0.717) is 18.8 Å². The van der Waals surface area contributed by atoms with Crippen LogP contribution in [0.4, 0.5) is 0 Å². The second kappa shape index (κ2) is 16.8. The summed E-state index contributed by atoms with van der Waals surface area (Å²) in [5.74, 6) is 3.59. The summed E-state index contributed by atoms with van der Waals surface area (Å²) >= 11 is 0. The standard InChI is InChI=1S/C29H45O8P/c1-7-10-11-12-13-14-20-32-25-15-17-26(18-16-25)36-29-23(5)22(4)28(35-24(6)30)27(37-29)19-21-38(31,33-8-2)34-9-3/h1,15-18,22-23,27-29H,8-14,19-21H2,2-6H3/t22-,23+,27-,28+,29+/m1/s1. The molecule has 0 N–H and O–H groups in total. The largest absolute Gasteiger partial charge is 0.494 e. The molecule has 0 aromatic heterocycles. The number of ether oxygens (including phenoxy) is 4. The maximum absolute atomic E-state index is 13.0. The van der Waals surface area contributed by atoms with Gasteiger partial charge in [-0.05, 0) is 57.4 Å². The number of unbranched alkanes of at least 4 members (excludes halogenated alkanes) is 4. The molecule has 1 fully saturated rings. The van der Waals surface area contributed by atoms with Crippen LogP contribution in [0.2, 0.25) is 0 Å². The average molecular weight is 553 g/mol. The molecule has 0 amide bonds. The third-order valence-electron chi connectivity index (χ3n) is 6.65. The van der Waals surface area contributed by atoms with Crippen LogP contribution >= 0.6 is 7.60 Å². The van der Waals surface area contributed by atoms with Crippen molar-refractivity contribution in [2.24, 2.45) is 11.8 Å². The van der Waals surface area contributed by atoms with Crippen molar-refractivity contribution < 1.29 is 37.4 Å². The molecule has 0 unspecified atom stereocenters. The Kier molecular flexibility index (Phi) is 14.2. The van der Waals surface area contributed by atoms with Gasteiger partial charge in [-0.15, -0.1) is 12.3 Å². The molecule has 214 valence electrons. The van der Waals surface area contributed by atoms with Gasteiger partial charge in [0.1, 0.15) is 17.6 Å². The molecule has 9 heteroatoms. The van der Waals surface area contributed by atoms with Crippen LogP contribution in [0.1, 0.15) is 73.1 Å². The van der Waals surface area contributed by atoms with Gasteiger partial charge in [0.25, 0.3) is 0 Å². The van der Waals surface area contributed by atoms with Gasteiger partial charge in [0.2, 0.25) is 6.29 Å². The fourth-order valence-electron chi connectivity index (χ4n) is 4.47. The lowest BCUT2D eigenvalue weighted by Gasteiger charge is -2.44. The van der Waals surface area contributed by atoms with E-state index in [2.05, 4.69) is 5.92 Å². The Labute approximate surface area is 228 Å². The van der Waals surface area contributed by atoms with Crippen molar-refractivity contribution in [3.05, 3.63) is 24.3 Å². The summed E-state index contributed by atoms with van der Waals surface area (Å²) in [6, 6.07) is 7.47. The molecule has 0 saturated carbocycles. The first-order chi connectivity index (χ1) is 18.2. The van der Waals surface area contributed by atoms with Crippen LogP contribution < -0.4 is 9.47 Å². The van der Waals surface area contributed by atoms with E-state index >= 15 is 0 Å². The predicted molar refractivity (Wildman–Crippen MR) is 147 cm³/mol. The Morgan fingerprint density at radius 2 is 1.63 bits per heavy atom. The normalized spacial score (nSPS) is 23.4. The van der Waals surface area contributed by atoms with Gasteiger partial charge in [0.15, 0.2) is 0 Å². The van der Waals surface area contributed by atoms with Crippen molar-refractivity contribution in [1.82, 2.24) is 0 Å². The van der Waals surface area contributed by atoms with Crippen LogP contribution in [0.15, 0.2) is 24.3 Å². The highest BCUT2D eigenvalue weighted by Crippen LogP contribution is 2.49. The maximum Gasteiger partial charge on any atom is 0.330 e. The van der Waals surface area contributed by atoms with E-state index in [9.17, 15) is 9.36 Å². The summed E-state index contributed by atoms with van der Waals surface area (Å²) < 4.78 is 47.9. The van der Waals surface area contributed by atoms with Gasteiger partial charge in [-0.25, -0.2) is 0 Å². The highest BCUT2D eigenvalue weighted by atomic mass is 31.2. The zero-order chi connectivity index (χ0) is 28.0. The third-order valence-corrected chi connectivity index (χ3v) is 8.76. The molecule has 8 nitrogen and oxygen atoms in total. The van der Waals surface area contributed by atoms with Crippen LogP contribution in [-0.2, 0) is 27.9 Å². The fraction of sp³-hybridized carbons (Fsp3) is 0.690. The van der Waals surface area contributed by atoms with E-state index < -0.39 is 26.1 Å². The Bertz CT molecular complexity index is 902. The average Bonchev–Trinajstić information content (AvgIpc) is 2.88. The van der Waals surface area contributed by atoms with Crippen LogP contribution in [-0.4, -0.2) is 50.4 Å². The summed E-state index contributed by atoms with van der Waals surface area (Å²) in [7, 11) is -3.28. The van der Waals surface area contributed by atoms with Gasteiger partial charge in [0, 0.05) is 25.2 Å². The number of carbonyl (C=O) groups is 1. The summed E-state index contributed by atoms with van der Waals surface area (Å²) in [4.78, 5) is 11.8. The quantitative estimate of drug-likeness (QED) is 0.0923. The number of hydrogen-bond acceptors (Lipinski definition) is 8. The fourth-order valence-corrected chi connectivity index (χ4v) is 6.16. The summed E-state index contributed by atoms with van der Waals surface area (Å²) in [5.41, 5.74) is 0. The first-order valence-corrected chi connectivity index (χ1v) is 15.5. The second-order valence-corrected chi connectivity index (χ2v) is 11.8. The van der Waals surface area contributed by atoms with Crippen molar-refractivity contribution in [1.29, 1.82) is 0 Å². The minimum Gasteiger partial charge on any atom is -0.494 e. The second-order valence-electron chi connectivity index (χ2n) is 9.60. The van der Waals surface area contributed by atoms with E-state index in [-0.39, 0.29) is 37.2 Å². The van der Waals surface area contributed by atoms with Crippen molar-refractivity contribution >= 4 is 13.6 Å². The molecule has 0 bridgehead atoms.